The van der Waals surface area contributed by atoms with E-state index in [0.717, 1.165) is 10.4 Å². The summed E-state index contributed by atoms with van der Waals surface area (Å²) in [5.41, 5.74) is 0. The molecule has 1 fully saturated rings. The monoisotopic (exact) mass is 400 g/mol. The van der Waals surface area contributed by atoms with Crippen LogP contribution in [0, 0.1) is 0 Å². The zero-order valence-corrected chi connectivity index (χ0v) is 17.8. The second kappa shape index (κ2) is 8.17. The van der Waals surface area contributed by atoms with Gasteiger partial charge < -0.3 is 19.0 Å². The predicted molar refractivity (Wildman–Crippen MR) is 110 cm³/mol. The van der Waals surface area contributed by atoms with Gasteiger partial charge in [0.2, 0.25) is 0 Å². The lowest BCUT2D eigenvalue weighted by molar-refractivity contribution is -0.237. The minimum Gasteiger partial charge on any atom is -0.467 e. The molecule has 0 unspecified atom stereocenters. The molecule has 0 bridgehead atoms. The third kappa shape index (κ3) is 3.65. The van der Waals surface area contributed by atoms with Gasteiger partial charge in [0.05, 0.1) is 13.7 Å². The van der Waals surface area contributed by atoms with Crippen molar-refractivity contribution < 1.29 is 23.8 Å². The van der Waals surface area contributed by atoms with E-state index in [9.17, 15) is 9.90 Å². The van der Waals surface area contributed by atoms with Gasteiger partial charge in [-0.3, -0.25) is 0 Å². The van der Waals surface area contributed by atoms with Crippen LogP contribution in [0.4, 0.5) is 0 Å². The van der Waals surface area contributed by atoms with E-state index in [-0.39, 0.29) is 11.6 Å². The van der Waals surface area contributed by atoms with Gasteiger partial charge in [0.15, 0.2) is 6.10 Å². The Kier molecular flexibility index (Phi) is 6.05. The minimum atomic E-state index is -2.69. The summed E-state index contributed by atoms with van der Waals surface area (Å²) < 4.78 is 16.9. The van der Waals surface area contributed by atoms with Crippen LogP contribution in [0.3, 0.4) is 0 Å². The number of aliphatic hydroxyl groups is 1. The van der Waals surface area contributed by atoms with Crippen molar-refractivity contribution in [1.29, 1.82) is 0 Å². The molecular formula is C22H28O5Si. The predicted octanol–water partition coefficient (Wildman–Crippen LogP) is 1.86. The van der Waals surface area contributed by atoms with Crippen LogP contribution < -0.4 is 10.4 Å². The van der Waals surface area contributed by atoms with Crippen molar-refractivity contribution >= 4 is 24.7 Å². The molecule has 1 aliphatic rings. The van der Waals surface area contributed by atoms with Gasteiger partial charge in [-0.2, -0.15) is 0 Å². The number of esters is 1. The molecule has 2 aromatic rings. The number of ether oxygens (including phenoxy) is 2. The number of benzene rings is 2. The van der Waals surface area contributed by atoms with Crippen molar-refractivity contribution in [2.75, 3.05) is 13.7 Å². The highest BCUT2D eigenvalue weighted by molar-refractivity contribution is 6.99. The maximum absolute atomic E-state index is 11.6. The van der Waals surface area contributed by atoms with Gasteiger partial charge in [-0.15, -0.1) is 0 Å². The Hall–Kier alpha value is -1.99. The van der Waals surface area contributed by atoms with E-state index < -0.39 is 32.6 Å². The Morgan fingerprint density at radius 1 is 1.04 bits per heavy atom. The summed E-state index contributed by atoms with van der Waals surface area (Å²) >= 11 is 0. The number of carbonyl (C=O) groups is 1. The number of aliphatic hydroxyl groups excluding tert-OH is 1. The largest absolute Gasteiger partial charge is 0.467 e. The molecule has 28 heavy (non-hydrogen) atoms. The summed E-state index contributed by atoms with van der Waals surface area (Å²) in [5, 5.41) is 12.5. The number of rotatable bonds is 6. The minimum absolute atomic E-state index is 0.161. The zero-order valence-electron chi connectivity index (χ0n) is 16.8. The fraction of sp³-hybridized carbons (Fsp3) is 0.409. The standard InChI is InChI=1S/C22H28O5Si/c1-22(2,3)28(16-11-7-5-8-12-16,17-13-9-6-10-14-17)26-15-18-19(23)20(27-18)21(24)25-4/h5-14,18-20,23H,15H2,1-4H3/t18-,19+,20+/m1/s1. The second-order valence-electron chi connectivity index (χ2n) is 8.08. The van der Waals surface area contributed by atoms with Crippen LogP contribution >= 0.6 is 0 Å². The van der Waals surface area contributed by atoms with Gasteiger partial charge >= 0.3 is 5.97 Å². The molecule has 0 radical (unpaired) electrons. The molecule has 2 aromatic carbocycles. The molecule has 0 aliphatic carbocycles. The molecule has 1 saturated heterocycles. The lowest BCUT2D eigenvalue weighted by Crippen LogP contribution is -2.69. The van der Waals surface area contributed by atoms with E-state index in [1.165, 1.54) is 7.11 Å². The highest BCUT2D eigenvalue weighted by Crippen LogP contribution is 2.37. The van der Waals surface area contributed by atoms with E-state index in [1.807, 2.05) is 36.4 Å². The van der Waals surface area contributed by atoms with E-state index in [4.69, 9.17) is 9.16 Å². The zero-order chi connectivity index (χ0) is 20.4. The average Bonchev–Trinajstić information content (AvgIpc) is 2.69. The van der Waals surface area contributed by atoms with Gasteiger partial charge in [-0.1, -0.05) is 81.4 Å². The number of methoxy groups -OCH3 is 1. The molecular weight excluding hydrogens is 372 g/mol. The van der Waals surface area contributed by atoms with Crippen LogP contribution in [0.5, 0.6) is 0 Å². The quantitative estimate of drug-likeness (QED) is 0.592. The Morgan fingerprint density at radius 3 is 1.93 bits per heavy atom. The van der Waals surface area contributed by atoms with Gasteiger partial charge in [-0.05, 0) is 15.4 Å². The first-order valence-electron chi connectivity index (χ1n) is 9.47. The van der Waals surface area contributed by atoms with Gasteiger partial charge in [-0.25, -0.2) is 4.79 Å². The topological polar surface area (TPSA) is 65.0 Å². The molecule has 0 spiro atoms. The van der Waals surface area contributed by atoms with Crippen LogP contribution in [0.15, 0.2) is 60.7 Å². The van der Waals surface area contributed by atoms with Crippen LogP contribution in [0.2, 0.25) is 5.04 Å². The number of hydrogen-bond donors (Lipinski definition) is 1. The molecule has 1 heterocycles. The summed E-state index contributed by atoms with van der Waals surface area (Å²) in [6, 6.07) is 20.5. The maximum Gasteiger partial charge on any atom is 0.337 e. The Morgan fingerprint density at radius 2 is 1.54 bits per heavy atom. The maximum atomic E-state index is 11.6. The third-order valence-electron chi connectivity index (χ3n) is 5.33. The normalized spacial score (nSPS) is 22.4. The second-order valence-corrected chi connectivity index (χ2v) is 12.4. The number of carbonyl (C=O) groups excluding carboxylic acids is 1. The Balaban J connectivity index is 1.93. The van der Waals surface area contributed by atoms with Crippen molar-refractivity contribution in [2.45, 2.75) is 44.1 Å². The van der Waals surface area contributed by atoms with Crippen molar-refractivity contribution in [1.82, 2.24) is 0 Å². The first-order chi connectivity index (χ1) is 13.3. The fourth-order valence-electron chi connectivity index (χ4n) is 3.87. The first-order valence-corrected chi connectivity index (χ1v) is 11.4. The molecule has 1 N–H and O–H groups in total. The van der Waals surface area contributed by atoms with Gasteiger partial charge in [0, 0.05) is 0 Å². The lowest BCUT2D eigenvalue weighted by Gasteiger charge is -2.46. The molecule has 6 heteroatoms. The fourth-order valence-corrected chi connectivity index (χ4v) is 8.44. The Bertz CT molecular complexity index is 748. The average molecular weight is 401 g/mol. The van der Waals surface area contributed by atoms with E-state index in [1.54, 1.807) is 0 Å². The summed E-state index contributed by atoms with van der Waals surface area (Å²) in [6.45, 7) is 6.78. The summed E-state index contributed by atoms with van der Waals surface area (Å²) in [4.78, 5) is 11.6. The third-order valence-corrected chi connectivity index (χ3v) is 10.3. The Labute approximate surface area is 167 Å². The van der Waals surface area contributed by atoms with Crippen molar-refractivity contribution in [3.05, 3.63) is 60.7 Å². The molecule has 3 atom stereocenters. The molecule has 3 rings (SSSR count). The van der Waals surface area contributed by atoms with E-state index in [0.29, 0.717) is 0 Å². The smallest absolute Gasteiger partial charge is 0.337 e. The van der Waals surface area contributed by atoms with E-state index >= 15 is 0 Å². The van der Waals surface area contributed by atoms with E-state index in [2.05, 4.69) is 49.8 Å². The highest BCUT2D eigenvalue weighted by Gasteiger charge is 2.53. The molecule has 0 aromatic heterocycles. The summed E-state index contributed by atoms with van der Waals surface area (Å²) in [7, 11) is -1.41. The first kappa shape index (κ1) is 20.7. The molecule has 1 aliphatic heterocycles. The van der Waals surface area contributed by atoms with Crippen LogP contribution in [0.1, 0.15) is 20.8 Å². The molecule has 0 saturated carbocycles. The number of hydrogen-bond acceptors (Lipinski definition) is 5. The molecule has 5 nitrogen and oxygen atoms in total. The summed E-state index contributed by atoms with van der Waals surface area (Å²) in [5.74, 6) is -0.561. The molecule has 0 amide bonds. The van der Waals surface area contributed by atoms with Crippen molar-refractivity contribution in [2.24, 2.45) is 0 Å². The summed E-state index contributed by atoms with van der Waals surface area (Å²) in [6.07, 6.45) is -2.41. The lowest BCUT2D eigenvalue weighted by atomic mass is 10.0. The van der Waals surface area contributed by atoms with Crippen LogP contribution in [0.25, 0.3) is 0 Å². The van der Waals surface area contributed by atoms with Gasteiger partial charge in [0.25, 0.3) is 8.32 Å². The molecule has 150 valence electrons. The highest BCUT2D eigenvalue weighted by atomic mass is 28.4. The van der Waals surface area contributed by atoms with Crippen molar-refractivity contribution in [3.8, 4) is 0 Å². The van der Waals surface area contributed by atoms with Gasteiger partial charge in [0.1, 0.15) is 12.2 Å². The van der Waals surface area contributed by atoms with Crippen LogP contribution in [-0.2, 0) is 18.7 Å². The van der Waals surface area contributed by atoms with Crippen molar-refractivity contribution in [3.63, 3.8) is 0 Å². The van der Waals surface area contributed by atoms with Crippen LogP contribution in [-0.4, -0.2) is 51.4 Å². The SMILES string of the molecule is COC(=O)[C@H]1O[C@H](CO[Si](c2ccccc2)(c2ccccc2)C(C)(C)C)[C@@H]1O.